The predicted molar refractivity (Wildman–Crippen MR) is 83.3 cm³/mol. The average Bonchev–Trinajstić information content (AvgIpc) is 2.45. The van der Waals surface area contributed by atoms with Gasteiger partial charge in [0.25, 0.3) is 5.56 Å². The molecule has 1 atom stereocenters. The third kappa shape index (κ3) is 2.95. The first-order valence-electron chi connectivity index (χ1n) is 6.31. The standard InChI is InChI=1S/C14H17ClN2OS/c1-3-11(15)13-16-12-7-5-4-6-10(12)14(18)17(13)8-9-19-2/h4-7,11H,3,8-9H2,1-2H3. The predicted octanol–water partition coefficient (Wildman–Crippen LogP) is 3.45. The second-order valence-electron chi connectivity index (χ2n) is 4.31. The highest BCUT2D eigenvalue weighted by atomic mass is 35.5. The van der Waals surface area contributed by atoms with Crippen LogP contribution in [0.4, 0.5) is 0 Å². The Labute approximate surface area is 122 Å². The minimum absolute atomic E-state index is 0.00810. The van der Waals surface area contributed by atoms with Crippen LogP contribution in [0.5, 0.6) is 0 Å². The molecule has 0 fully saturated rings. The molecule has 0 aliphatic carbocycles. The molecular formula is C14H17ClN2OS. The zero-order chi connectivity index (χ0) is 13.8. The molecule has 0 spiro atoms. The van der Waals surface area contributed by atoms with E-state index in [1.807, 2.05) is 37.4 Å². The number of alkyl halides is 1. The molecule has 0 saturated carbocycles. The molecule has 2 aromatic rings. The SMILES string of the molecule is CCC(Cl)c1nc2ccccc2c(=O)n1CCSC. The van der Waals surface area contributed by atoms with Gasteiger partial charge in [0.2, 0.25) is 0 Å². The first-order chi connectivity index (χ1) is 9.19. The van der Waals surface area contributed by atoms with Crippen LogP contribution in [0, 0.1) is 0 Å². The van der Waals surface area contributed by atoms with Crippen molar-refractivity contribution in [1.29, 1.82) is 0 Å². The number of rotatable bonds is 5. The van der Waals surface area contributed by atoms with Crippen LogP contribution in [0.1, 0.15) is 24.5 Å². The lowest BCUT2D eigenvalue weighted by molar-refractivity contribution is 0.640. The van der Waals surface area contributed by atoms with Crippen molar-refractivity contribution in [3.63, 3.8) is 0 Å². The minimum atomic E-state index is -0.223. The highest BCUT2D eigenvalue weighted by Crippen LogP contribution is 2.22. The maximum atomic E-state index is 12.5. The van der Waals surface area contributed by atoms with Crippen molar-refractivity contribution < 1.29 is 0 Å². The van der Waals surface area contributed by atoms with Gasteiger partial charge in [-0.2, -0.15) is 11.8 Å². The first-order valence-corrected chi connectivity index (χ1v) is 8.14. The zero-order valence-electron chi connectivity index (χ0n) is 11.1. The van der Waals surface area contributed by atoms with E-state index in [0.717, 1.165) is 17.7 Å². The maximum absolute atomic E-state index is 12.5. The second kappa shape index (κ2) is 6.44. The molecule has 19 heavy (non-hydrogen) atoms. The van der Waals surface area contributed by atoms with Gasteiger partial charge in [-0.1, -0.05) is 19.1 Å². The van der Waals surface area contributed by atoms with Crippen molar-refractivity contribution in [1.82, 2.24) is 9.55 Å². The molecule has 1 aromatic carbocycles. The second-order valence-corrected chi connectivity index (χ2v) is 5.82. The molecule has 0 bridgehead atoms. The van der Waals surface area contributed by atoms with E-state index in [2.05, 4.69) is 4.98 Å². The van der Waals surface area contributed by atoms with E-state index in [9.17, 15) is 4.79 Å². The average molecular weight is 297 g/mol. The third-order valence-electron chi connectivity index (χ3n) is 3.05. The Hall–Kier alpha value is -1.00. The lowest BCUT2D eigenvalue weighted by Crippen LogP contribution is -2.27. The molecule has 3 nitrogen and oxygen atoms in total. The Morgan fingerprint density at radius 2 is 2.16 bits per heavy atom. The van der Waals surface area contributed by atoms with Gasteiger partial charge >= 0.3 is 0 Å². The van der Waals surface area contributed by atoms with Gasteiger partial charge in [-0.15, -0.1) is 11.6 Å². The van der Waals surface area contributed by atoms with E-state index in [1.165, 1.54) is 0 Å². The van der Waals surface area contributed by atoms with E-state index in [1.54, 1.807) is 16.3 Å². The van der Waals surface area contributed by atoms with Gasteiger partial charge in [-0.05, 0) is 24.8 Å². The number of aromatic nitrogens is 2. The summed E-state index contributed by atoms with van der Waals surface area (Å²) in [6.45, 7) is 2.65. The molecule has 0 aliphatic rings. The van der Waals surface area contributed by atoms with Gasteiger partial charge in [0.15, 0.2) is 0 Å². The monoisotopic (exact) mass is 296 g/mol. The molecule has 0 N–H and O–H groups in total. The molecule has 2 rings (SSSR count). The van der Waals surface area contributed by atoms with Crippen molar-refractivity contribution in [2.45, 2.75) is 25.3 Å². The van der Waals surface area contributed by atoms with Crippen LogP contribution in [0.15, 0.2) is 29.1 Å². The summed E-state index contributed by atoms with van der Waals surface area (Å²) in [6, 6.07) is 7.43. The van der Waals surface area contributed by atoms with Crippen LogP contribution >= 0.6 is 23.4 Å². The van der Waals surface area contributed by atoms with Crippen molar-refractivity contribution in [3.8, 4) is 0 Å². The smallest absolute Gasteiger partial charge is 0.261 e. The van der Waals surface area contributed by atoms with E-state index in [0.29, 0.717) is 17.8 Å². The maximum Gasteiger partial charge on any atom is 0.261 e. The Morgan fingerprint density at radius 3 is 2.84 bits per heavy atom. The van der Waals surface area contributed by atoms with Gasteiger partial charge in [-0.25, -0.2) is 4.98 Å². The fourth-order valence-corrected chi connectivity index (χ4v) is 2.54. The lowest BCUT2D eigenvalue weighted by atomic mass is 10.2. The summed E-state index contributed by atoms with van der Waals surface area (Å²) in [6.07, 6.45) is 2.78. The van der Waals surface area contributed by atoms with E-state index >= 15 is 0 Å². The number of benzene rings is 1. The van der Waals surface area contributed by atoms with Crippen molar-refractivity contribution >= 4 is 34.3 Å². The Balaban J connectivity index is 2.65. The summed E-state index contributed by atoms with van der Waals surface area (Å²) in [7, 11) is 0. The summed E-state index contributed by atoms with van der Waals surface area (Å²) in [5.41, 5.74) is 0.732. The Kier molecular flexibility index (Phi) is 4.88. The van der Waals surface area contributed by atoms with Gasteiger partial charge in [-0.3, -0.25) is 9.36 Å². The molecule has 1 aromatic heterocycles. The van der Waals surface area contributed by atoms with Crippen LogP contribution in [-0.4, -0.2) is 21.6 Å². The summed E-state index contributed by atoms with van der Waals surface area (Å²) in [4.78, 5) is 17.1. The topological polar surface area (TPSA) is 34.9 Å². The third-order valence-corrected chi connectivity index (χ3v) is 4.14. The summed E-state index contributed by atoms with van der Waals surface area (Å²) in [5, 5.41) is 0.437. The fraction of sp³-hybridized carbons (Fsp3) is 0.429. The minimum Gasteiger partial charge on any atom is -0.294 e. The number of nitrogens with zero attached hydrogens (tertiary/aromatic N) is 2. The quantitative estimate of drug-likeness (QED) is 0.793. The van der Waals surface area contributed by atoms with Gasteiger partial charge in [0.05, 0.1) is 16.3 Å². The molecule has 1 heterocycles. The molecule has 5 heteroatoms. The summed E-state index contributed by atoms with van der Waals surface area (Å²) < 4.78 is 1.72. The van der Waals surface area contributed by atoms with Crippen LogP contribution in [-0.2, 0) is 6.54 Å². The summed E-state index contributed by atoms with van der Waals surface area (Å²) >= 11 is 8.03. The van der Waals surface area contributed by atoms with Crippen molar-refractivity contribution in [2.75, 3.05) is 12.0 Å². The Bertz CT molecular complexity index is 626. The number of hydrogen-bond donors (Lipinski definition) is 0. The molecule has 1 unspecified atom stereocenters. The van der Waals surface area contributed by atoms with Crippen LogP contribution in [0.25, 0.3) is 10.9 Å². The van der Waals surface area contributed by atoms with E-state index in [4.69, 9.17) is 11.6 Å². The molecule has 0 saturated heterocycles. The number of para-hydroxylation sites is 1. The molecule has 102 valence electrons. The normalized spacial score (nSPS) is 12.8. The number of thioether (sulfide) groups is 1. The van der Waals surface area contributed by atoms with E-state index < -0.39 is 0 Å². The van der Waals surface area contributed by atoms with E-state index in [-0.39, 0.29) is 10.9 Å². The van der Waals surface area contributed by atoms with Crippen LogP contribution in [0.3, 0.4) is 0 Å². The zero-order valence-corrected chi connectivity index (χ0v) is 12.7. The van der Waals surface area contributed by atoms with Crippen LogP contribution in [0.2, 0.25) is 0 Å². The number of fused-ring (bicyclic) bond motifs is 1. The summed E-state index contributed by atoms with van der Waals surface area (Å²) in [5.74, 6) is 1.56. The molecule has 0 radical (unpaired) electrons. The lowest BCUT2D eigenvalue weighted by Gasteiger charge is -2.15. The fourth-order valence-electron chi connectivity index (χ4n) is 2.01. The highest BCUT2D eigenvalue weighted by Gasteiger charge is 2.16. The van der Waals surface area contributed by atoms with Gasteiger partial charge in [0.1, 0.15) is 5.82 Å². The number of halogens is 1. The first kappa shape index (κ1) is 14.4. The highest BCUT2D eigenvalue weighted by molar-refractivity contribution is 7.98. The Morgan fingerprint density at radius 1 is 1.42 bits per heavy atom. The largest absolute Gasteiger partial charge is 0.294 e. The molecular weight excluding hydrogens is 280 g/mol. The van der Waals surface area contributed by atoms with Crippen molar-refractivity contribution in [3.05, 3.63) is 40.4 Å². The van der Waals surface area contributed by atoms with Crippen LogP contribution < -0.4 is 5.56 Å². The van der Waals surface area contributed by atoms with Gasteiger partial charge < -0.3 is 0 Å². The van der Waals surface area contributed by atoms with Crippen molar-refractivity contribution in [2.24, 2.45) is 0 Å². The number of hydrogen-bond acceptors (Lipinski definition) is 3. The molecule has 0 aliphatic heterocycles. The molecule has 0 amide bonds. The van der Waals surface area contributed by atoms with Gasteiger partial charge in [0, 0.05) is 12.3 Å².